The third-order valence-corrected chi connectivity index (χ3v) is 14.0. The van der Waals surface area contributed by atoms with E-state index in [-0.39, 0.29) is 44.5 Å². The Balaban J connectivity index is 1.33. The molecule has 1 aromatic heterocycles. The van der Waals surface area contributed by atoms with Crippen molar-refractivity contribution in [2.24, 2.45) is 44.8 Å². The third-order valence-electron chi connectivity index (χ3n) is 14.0. The van der Waals surface area contributed by atoms with Crippen LogP contribution < -0.4 is 0 Å². The summed E-state index contributed by atoms with van der Waals surface area (Å²) < 4.78 is 5.84. The first-order valence-corrected chi connectivity index (χ1v) is 15.8. The molecule has 0 unspecified atom stereocenters. The lowest BCUT2D eigenvalue weighted by molar-refractivity contribution is -0.179. The average Bonchev–Trinajstić information content (AvgIpc) is 3.29. The van der Waals surface area contributed by atoms with Gasteiger partial charge < -0.3 is 9.63 Å². The molecule has 0 bridgehead atoms. The number of rotatable bonds is 2. The molecule has 7 atom stereocenters. The number of carbonyl (C=O) groups excluding carboxylic acids is 1. The summed E-state index contributed by atoms with van der Waals surface area (Å²) in [6.07, 6.45) is 13.1. The van der Waals surface area contributed by atoms with Crippen LogP contribution in [0.1, 0.15) is 105 Å². The summed E-state index contributed by atoms with van der Waals surface area (Å²) in [5, 5.41) is 14.3. The largest absolute Gasteiger partial charge is 0.390 e. The van der Waals surface area contributed by atoms with Crippen LogP contribution in [0.2, 0.25) is 0 Å². The van der Waals surface area contributed by atoms with Gasteiger partial charge in [-0.2, -0.15) is 0 Å². The minimum atomic E-state index is -0.170. The van der Waals surface area contributed by atoms with Crippen LogP contribution in [0.25, 0.3) is 0 Å². The van der Waals surface area contributed by atoms with Gasteiger partial charge in [0, 0.05) is 36.5 Å². The molecule has 1 aromatic rings. The minimum absolute atomic E-state index is 0.0161. The number of aliphatic hydroxyl groups is 1. The Bertz CT molecular complexity index is 1240. The second kappa shape index (κ2) is 7.88. The van der Waals surface area contributed by atoms with Gasteiger partial charge in [-0.25, -0.2) is 0 Å². The number of aliphatic hydroxyl groups excluding tert-OH is 1. The normalized spacial score (nSPS) is 46.6. The van der Waals surface area contributed by atoms with Crippen molar-refractivity contribution >= 4 is 5.78 Å². The number of ketones is 1. The van der Waals surface area contributed by atoms with Gasteiger partial charge in [0.2, 0.25) is 0 Å². The maximum atomic E-state index is 14.7. The zero-order chi connectivity index (χ0) is 27.8. The van der Waals surface area contributed by atoms with E-state index in [1.165, 1.54) is 36.8 Å². The second-order valence-electron chi connectivity index (χ2n) is 17.0. The van der Waals surface area contributed by atoms with E-state index in [1.807, 2.05) is 6.20 Å². The molecule has 5 heteroatoms. The molecule has 5 aliphatic carbocycles. The smallest absolute Gasteiger partial charge is 0.159 e. The fraction of sp³-hybridized carbons (Fsp3) is 0.824. The van der Waals surface area contributed by atoms with Gasteiger partial charge in [-0.1, -0.05) is 59.2 Å². The van der Waals surface area contributed by atoms with Crippen molar-refractivity contribution < 1.29 is 14.4 Å². The highest BCUT2D eigenvalue weighted by Gasteiger charge is 2.70. The van der Waals surface area contributed by atoms with Gasteiger partial charge in [0.15, 0.2) is 5.78 Å². The predicted molar refractivity (Wildman–Crippen MR) is 152 cm³/mol. The lowest BCUT2D eigenvalue weighted by Crippen LogP contribution is -2.67. The first kappa shape index (κ1) is 26.4. The van der Waals surface area contributed by atoms with E-state index in [2.05, 4.69) is 64.6 Å². The maximum absolute atomic E-state index is 14.7. The van der Waals surface area contributed by atoms with Crippen molar-refractivity contribution in [1.29, 1.82) is 0 Å². The van der Waals surface area contributed by atoms with E-state index >= 15 is 0 Å². The molecular formula is C34H50N2O3. The number of aromatic nitrogens is 1. The Morgan fingerprint density at radius 1 is 1.03 bits per heavy atom. The van der Waals surface area contributed by atoms with Crippen LogP contribution in [0.15, 0.2) is 22.4 Å². The molecule has 214 valence electrons. The van der Waals surface area contributed by atoms with E-state index in [0.717, 1.165) is 51.1 Å². The highest BCUT2D eigenvalue weighted by atomic mass is 16.5. The van der Waals surface area contributed by atoms with Crippen molar-refractivity contribution in [3.05, 3.63) is 29.2 Å². The Morgan fingerprint density at radius 2 is 1.74 bits per heavy atom. The van der Waals surface area contributed by atoms with Crippen molar-refractivity contribution in [2.45, 2.75) is 111 Å². The van der Waals surface area contributed by atoms with Crippen molar-refractivity contribution in [2.75, 3.05) is 19.6 Å². The molecule has 5 nitrogen and oxygen atoms in total. The van der Waals surface area contributed by atoms with Gasteiger partial charge >= 0.3 is 0 Å². The molecule has 0 aromatic carbocycles. The summed E-state index contributed by atoms with van der Waals surface area (Å²) in [4.78, 5) is 17.1. The number of fused-ring (bicyclic) bond motifs is 8. The third kappa shape index (κ3) is 3.32. The van der Waals surface area contributed by atoms with E-state index in [1.54, 1.807) is 0 Å². The molecule has 3 saturated carbocycles. The molecule has 0 amide bonds. The predicted octanol–water partition coefficient (Wildman–Crippen LogP) is 6.35. The first-order valence-electron chi connectivity index (χ1n) is 15.8. The number of hydrogen-bond donors (Lipinski definition) is 1. The van der Waals surface area contributed by atoms with E-state index in [9.17, 15) is 9.90 Å². The quantitative estimate of drug-likeness (QED) is 0.479. The van der Waals surface area contributed by atoms with Crippen LogP contribution in [-0.2, 0) is 16.6 Å². The maximum Gasteiger partial charge on any atom is 0.159 e. The standard InChI is InChI=1S/C34H50N2O3/c1-29(2)10-12-34(20-36-18-22(37)19-36)13-11-33(7)27(23(34)16-29)24(38)14-26-31(5)15-21-17-35-39-28(21)30(3,4)25(31)8-9-32(26,33)6/h14,17,22-23,25,27,37H,8-13,15-16,18-20H2,1-7H3/t23-,25-,27-,31-,32+,33+,34+/m0/s1. The number of hydrogen-bond acceptors (Lipinski definition) is 5. The Kier molecular flexibility index (Phi) is 5.34. The molecule has 2 heterocycles. The van der Waals surface area contributed by atoms with Crippen LogP contribution in [0.5, 0.6) is 0 Å². The van der Waals surface area contributed by atoms with Crippen molar-refractivity contribution in [3.8, 4) is 0 Å². The summed E-state index contributed by atoms with van der Waals surface area (Å²) >= 11 is 0. The van der Waals surface area contributed by atoms with E-state index < -0.39 is 0 Å². The fourth-order valence-corrected chi connectivity index (χ4v) is 11.8. The topological polar surface area (TPSA) is 66.6 Å². The molecule has 1 saturated heterocycles. The zero-order valence-corrected chi connectivity index (χ0v) is 25.4. The van der Waals surface area contributed by atoms with E-state index in [0.29, 0.717) is 17.6 Å². The van der Waals surface area contributed by atoms with Gasteiger partial charge in [0.25, 0.3) is 0 Å². The Labute approximate surface area is 235 Å². The van der Waals surface area contributed by atoms with Crippen LogP contribution in [0.4, 0.5) is 0 Å². The highest BCUT2D eigenvalue weighted by molar-refractivity contribution is 5.95. The minimum Gasteiger partial charge on any atom is -0.390 e. The summed E-state index contributed by atoms with van der Waals surface area (Å²) in [6.45, 7) is 19.7. The molecule has 6 aliphatic rings. The van der Waals surface area contributed by atoms with Gasteiger partial charge in [0.1, 0.15) is 5.76 Å². The second-order valence-corrected chi connectivity index (χ2v) is 17.0. The van der Waals surface area contributed by atoms with Crippen molar-refractivity contribution in [1.82, 2.24) is 10.1 Å². The van der Waals surface area contributed by atoms with Crippen LogP contribution >= 0.6 is 0 Å². The molecular weight excluding hydrogens is 484 g/mol. The number of β-amino-alcohol motifs (C(OH)–C–C–N with tert-alkyl or cyclic N) is 1. The first-order chi connectivity index (χ1) is 18.2. The van der Waals surface area contributed by atoms with Gasteiger partial charge in [0.05, 0.1) is 12.3 Å². The lowest BCUT2D eigenvalue weighted by atomic mass is 9.34. The molecule has 0 radical (unpaired) electrons. The fourth-order valence-electron chi connectivity index (χ4n) is 11.8. The summed E-state index contributed by atoms with van der Waals surface area (Å²) in [7, 11) is 0. The SMILES string of the molecule is CC1(C)CC[C@]2(CN3CC(O)C3)CC[C@]3(C)[C@H](C(=O)C=C4[C@@]5(C)Cc6cnoc6C(C)(C)[C@@H]5CC[C@]43C)[C@@H]2C1. The molecule has 39 heavy (non-hydrogen) atoms. The molecule has 7 rings (SSSR count). The van der Waals surface area contributed by atoms with E-state index in [4.69, 9.17) is 4.52 Å². The van der Waals surface area contributed by atoms with Crippen LogP contribution in [0.3, 0.4) is 0 Å². The summed E-state index contributed by atoms with van der Waals surface area (Å²) in [6, 6.07) is 0. The number of nitrogens with zero attached hydrogens (tertiary/aromatic N) is 2. The summed E-state index contributed by atoms with van der Waals surface area (Å²) in [5.74, 6) is 2.41. The Hall–Kier alpha value is -1.46. The van der Waals surface area contributed by atoms with Gasteiger partial charge in [-0.3, -0.25) is 9.69 Å². The number of allylic oxidation sites excluding steroid dienone is 2. The highest BCUT2D eigenvalue weighted by Crippen LogP contribution is 2.74. The lowest BCUT2D eigenvalue weighted by Gasteiger charge is -2.70. The van der Waals surface area contributed by atoms with Crippen molar-refractivity contribution in [3.63, 3.8) is 0 Å². The zero-order valence-electron chi connectivity index (χ0n) is 25.4. The summed E-state index contributed by atoms with van der Waals surface area (Å²) in [5.41, 5.74) is 2.96. The molecule has 0 spiro atoms. The molecule has 4 fully saturated rings. The Morgan fingerprint density at radius 3 is 2.46 bits per heavy atom. The molecule has 1 aliphatic heterocycles. The monoisotopic (exact) mass is 534 g/mol. The number of likely N-dealkylation sites (tertiary alicyclic amines) is 1. The van der Waals surface area contributed by atoms with Gasteiger partial charge in [-0.15, -0.1) is 0 Å². The van der Waals surface area contributed by atoms with Crippen LogP contribution in [0, 0.1) is 44.8 Å². The molecule has 1 N–H and O–H groups in total. The van der Waals surface area contributed by atoms with Crippen LogP contribution in [-0.4, -0.2) is 46.7 Å². The average molecular weight is 535 g/mol. The van der Waals surface area contributed by atoms with Gasteiger partial charge in [-0.05, 0) is 96.4 Å². The number of carbonyl (C=O) groups is 1.